The lowest BCUT2D eigenvalue weighted by Gasteiger charge is -2.36. The fraction of sp³-hybridized carbons (Fsp3) is 0.400. The molecule has 2 aromatic rings. The third-order valence-electron chi connectivity index (χ3n) is 4.64. The van der Waals surface area contributed by atoms with E-state index >= 15 is 0 Å². The predicted molar refractivity (Wildman–Crippen MR) is 90.4 cm³/mol. The third-order valence-corrected chi connectivity index (χ3v) is 4.64. The van der Waals surface area contributed by atoms with Crippen molar-refractivity contribution in [2.75, 3.05) is 0 Å². The van der Waals surface area contributed by atoms with Gasteiger partial charge in [0.15, 0.2) is 0 Å². The lowest BCUT2D eigenvalue weighted by atomic mass is 9.91. The van der Waals surface area contributed by atoms with Gasteiger partial charge in [0.2, 0.25) is 0 Å². The van der Waals surface area contributed by atoms with E-state index in [9.17, 15) is 5.11 Å². The van der Waals surface area contributed by atoms with Crippen LogP contribution in [0.1, 0.15) is 36.8 Å². The van der Waals surface area contributed by atoms with Crippen LogP contribution < -0.4 is 0 Å². The van der Waals surface area contributed by atoms with Gasteiger partial charge in [0.1, 0.15) is 0 Å². The van der Waals surface area contributed by atoms with Crippen LogP contribution in [-0.4, -0.2) is 22.2 Å². The summed E-state index contributed by atoms with van der Waals surface area (Å²) in [4.78, 5) is 2.58. The fourth-order valence-electron chi connectivity index (χ4n) is 3.37. The quantitative estimate of drug-likeness (QED) is 0.901. The molecule has 22 heavy (non-hydrogen) atoms. The van der Waals surface area contributed by atoms with Gasteiger partial charge in [-0.3, -0.25) is 4.90 Å². The van der Waals surface area contributed by atoms with Crippen LogP contribution in [0, 0.1) is 0 Å². The molecule has 0 heterocycles. The van der Waals surface area contributed by atoms with Gasteiger partial charge < -0.3 is 5.11 Å². The van der Waals surface area contributed by atoms with Gasteiger partial charge in [-0.25, -0.2) is 0 Å². The summed E-state index contributed by atoms with van der Waals surface area (Å²) in [5, 5.41) is 9.77. The van der Waals surface area contributed by atoms with Crippen LogP contribution in [0.15, 0.2) is 60.7 Å². The monoisotopic (exact) mass is 295 g/mol. The molecule has 3 rings (SSSR count). The van der Waals surface area contributed by atoms with Crippen molar-refractivity contribution in [3.8, 4) is 0 Å². The number of benzene rings is 2. The number of hydrogen-bond donors (Lipinski definition) is 1. The third kappa shape index (κ3) is 4.19. The number of aliphatic hydroxyl groups excluding tert-OH is 1. The highest BCUT2D eigenvalue weighted by molar-refractivity contribution is 5.17. The van der Waals surface area contributed by atoms with E-state index < -0.39 is 0 Å². The predicted octanol–water partition coefficient (Wildman–Crippen LogP) is 3.99. The largest absolute Gasteiger partial charge is 0.393 e. The van der Waals surface area contributed by atoms with Gasteiger partial charge in [0, 0.05) is 19.1 Å². The van der Waals surface area contributed by atoms with Crippen molar-refractivity contribution in [3.05, 3.63) is 71.8 Å². The maximum atomic E-state index is 9.77. The molecule has 1 N–H and O–H groups in total. The van der Waals surface area contributed by atoms with E-state index in [-0.39, 0.29) is 6.10 Å². The number of aliphatic hydroxyl groups is 1. The molecule has 0 bridgehead atoms. The topological polar surface area (TPSA) is 23.5 Å². The average molecular weight is 295 g/mol. The molecular formula is C20H25NO. The highest BCUT2D eigenvalue weighted by atomic mass is 16.3. The Balaban J connectivity index is 1.73. The molecule has 0 aliphatic heterocycles. The Kier molecular flexibility index (Phi) is 5.25. The summed E-state index contributed by atoms with van der Waals surface area (Å²) < 4.78 is 0. The molecule has 0 aromatic heterocycles. The first-order valence-electron chi connectivity index (χ1n) is 8.31. The highest BCUT2D eigenvalue weighted by Crippen LogP contribution is 2.26. The normalized spacial score (nSPS) is 21.9. The Hall–Kier alpha value is -1.64. The van der Waals surface area contributed by atoms with Gasteiger partial charge in [-0.2, -0.15) is 0 Å². The van der Waals surface area contributed by atoms with E-state index in [4.69, 9.17) is 0 Å². The van der Waals surface area contributed by atoms with E-state index in [2.05, 4.69) is 65.6 Å². The van der Waals surface area contributed by atoms with E-state index in [1.807, 2.05) is 0 Å². The summed E-state index contributed by atoms with van der Waals surface area (Å²) in [6, 6.07) is 22.0. The Morgan fingerprint density at radius 2 is 1.18 bits per heavy atom. The minimum absolute atomic E-state index is 0.0912. The molecule has 2 aromatic carbocycles. The second kappa shape index (κ2) is 7.57. The van der Waals surface area contributed by atoms with Gasteiger partial charge in [0.05, 0.1) is 6.10 Å². The van der Waals surface area contributed by atoms with Gasteiger partial charge >= 0.3 is 0 Å². The zero-order valence-corrected chi connectivity index (χ0v) is 13.1. The summed E-state index contributed by atoms with van der Waals surface area (Å²) in [5.41, 5.74) is 2.73. The van der Waals surface area contributed by atoms with Crippen molar-refractivity contribution >= 4 is 0 Å². The van der Waals surface area contributed by atoms with Gasteiger partial charge in [-0.15, -0.1) is 0 Å². The van der Waals surface area contributed by atoms with Crippen molar-refractivity contribution in [2.45, 2.75) is 50.9 Å². The van der Waals surface area contributed by atoms with Crippen molar-refractivity contribution in [1.29, 1.82) is 0 Å². The van der Waals surface area contributed by atoms with Crippen molar-refractivity contribution < 1.29 is 5.11 Å². The van der Waals surface area contributed by atoms with Gasteiger partial charge in [-0.1, -0.05) is 60.7 Å². The molecule has 2 nitrogen and oxygen atoms in total. The first-order valence-corrected chi connectivity index (χ1v) is 8.31. The zero-order valence-electron chi connectivity index (χ0n) is 13.1. The summed E-state index contributed by atoms with van der Waals surface area (Å²) in [7, 11) is 0. The SMILES string of the molecule is O[C@H]1CC[C@@H](N(Cc2ccccc2)Cc2ccccc2)CC1. The van der Waals surface area contributed by atoms with Crippen LogP contribution >= 0.6 is 0 Å². The molecule has 0 unspecified atom stereocenters. The van der Waals surface area contributed by atoms with Crippen LogP contribution in [0.3, 0.4) is 0 Å². The van der Waals surface area contributed by atoms with Crippen molar-refractivity contribution in [2.24, 2.45) is 0 Å². The molecular weight excluding hydrogens is 270 g/mol. The summed E-state index contributed by atoms with van der Waals surface area (Å²) >= 11 is 0. The Labute approximate surface area is 133 Å². The Morgan fingerprint density at radius 3 is 1.64 bits per heavy atom. The van der Waals surface area contributed by atoms with Crippen molar-refractivity contribution in [1.82, 2.24) is 4.90 Å². The Morgan fingerprint density at radius 1 is 0.727 bits per heavy atom. The molecule has 1 fully saturated rings. The molecule has 2 heteroatoms. The smallest absolute Gasteiger partial charge is 0.0541 e. The molecule has 116 valence electrons. The number of nitrogens with zero attached hydrogens (tertiary/aromatic N) is 1. The molecule has 1 aliphatic carbocycles. The van der Waals surface area contributed by atoms with E-state index in [0.29, 0.717) is 6.04 Å². The summed E-state index contributed by atoms with van der Waals surface area (Å²) in [6.45, 7) is 1.97. The number of hydrogen-bond acceptors (Lipinski definition) is 2. The average Bonchev–Trinajstić information content (AvgIpc) is 2.57. The molecule has 1 saturated carbocycles. The van der Waals surface area contributed by atoms with Crippen LogP contribution in [0.2, 0.25) is 0 Å². The maximum Gasteiger partial charge on any atom is 0.0541 e. The standard InChI is InChI=1S/C20H25NO/c22-20-13-11-19(12-14-20)21(15-17-7-3-1-4-8-17)16-18-9-5-2-6-10-18/h1-10,19-20,22H,11-16H2/t19-,20+. The van der Waals surface area contributed by atoms with E-state index in [1.54, 1.807) is 0 Å². The lowest BCUT2D eigenvalue weighted by molar-refractivity contribution is 0.0666. The first kappa shape index (κ1) is 15.3. The van der Waals surface area contributed by atoms with E-state index in [0.717, 1.165) is 38.8 Å². The van der Waals surface area contributed by atoms with Crippen LogP contribution in [0.5, 0.6) is 0 Å². The van der Waals surface area contributed by atoms with Gasteiger partial charge in [-0.05, 0) is 36.8 Å². The first-order chi connectivity index (χ1) is 10.8. The van der Waals surface area contributed by atoms with Crippen LogP contribution in [0.4, 0.5) is 0 Å². The minimum atomic E-state index is -0.0912. The number of rotatable bonds is 5. The molecule has 0 atom stereocenters. The molecule has 0 spiro atoms. The zero-order chi connectivity index (χ0) is 15.2. The van der Waals surface area contributed by atoms with Crippen LogP contribution in [-0.2, 0) is 13.1 Å². The minimum Gasteiger partial charge on any atom is -0.393 e. The lowest BCUT2D eigenvalue weighted by Crippen LogP contribution is -2.38. The summed E-state index contributed by atoms with van der Waals surface area (Å²) in [6.07, 6.45) is 3.98. The molecule has 0 radical (unpaired) electrons. The van der Waals surface area contributed by atoms with Crippen LogP contribution in [0.25, 0.3) is 0 Å². The fourth-order valence-corrected chi connectivity index (χ4v) is 3.37. The summed E-state index contributed by atoms with van der Waals surface area (Å²) in [5.74, 6) is 0. The van der Waals surface area contributed by atoms with E-state index in [1.165, 1.54) is 11.1 Å². The molecule has 1 aliphatic rings. The second-order valence-electron chi connectivity index (χ2n) is 6.34. The molecule has 0 amide bonds. The maximum absolute atomic E-state index is 9.77. The van der Waals surface area contributed by atoms with Crippen molar-refractivity contribution in [3.63, 3.8) is 0 Å². The molecule has 0 saturated heterocycles. The highest BCUT2D eigenvalue weighted by Gasteiger charge is 2.25. The second-order valence-corrected chi connectivity index (χ2v) is 6.34. The van der Waals surface area contributed by atoms with Gasteiger partial charge in [0.25, 0.3) is 0 Å². The Bertz CT molecular complexity index is 505.